The Hall–Kier alpha value is -1.29. The van der Waals surface area contributed by atoms with E-state index in [0.717, 1.165) is 32.5 Å². The van der Waals surface area contributed by atoms with Gasteiger partial charge in [-0.25, -0.2) is 4.79 Å². The normalized spacial score (nSPS) is 18.4. The first-order valence-electron chi connectivity index (χ1n) is 7.49. The Bertz CT molecular complexity index is 451. The Balaban J connectivity index is 1.88. The molecular formula is C16H26N2O2. The van der Waals surface area contributed by atoms with Gasteiger partial charge in [0.1, 0.15) is 5.69 Å². The van der Waals surface area contributed by atoms with E-state index in [4.69, 9.17) is 0 Å². The van der Waals surface area contributed by atoms with Crippen molar-refractivity contribution in [3.05, 3.63) is 24.0 Å². The Kier molecular flexibility index (Phi) is 4.53. The van der Waals surface area contributed by atoms with Crippen molar-refractivity contribution in [3.63, 3.8) is 0 Å². The summed E-state index contributed by atoms with van der Waals surface area (Å²) in [6, 6.07) is 3.85. The summed E-state index contributed by atoms with van der Waals surface area (Å²) in [6.07, 6.45) is 5.19. The van der Waals surface area contributed by atoms with Crippen LogP contribution in [-0.2, 0) is 0 Å². The van der Waals surface area contributed by atoms with E-state index in [2.05, 4.69) is 25.7 Å². The molecule has 0 amide bonds. The number of likely N-dealkylation sites (tertiary alicyclic amines) is 1. The number of piperidine rings is 1. The number of carbonyl (C=O) groups is 1. The van der Waals surface area contributed by atoms with E-state index in [9.17, 15) is 9.90 Å². The Labute approximate surface area is 121 Å². The van der Waals surface area contributed by atoms with Crippen molar-refractivity contribution in [2.75, 3.05) is 19.6 Å². The van der Waals surface area contributed by atoms with E-state index in [1.165, 1.54) is 6.42 Å². The van der Waals surface area contributed by atoms with Crippen LogP contribution in [0.3, 0.4) is 0 Å². The van der Waals surface area contributed by atoms with Crippen LogP contribution >= 0.6 is 0 Å². The highest BCUT2D eigenvalue weighted by atomic mass is 16.4. The van der Waals surface area contributed by atoms with Gasteiger partial charge >= 0.3 is 5.97 Å². The quantitative estimate of drug-likeness (QED) is 0.919. The number of nitrogens with zero attached hydrogens (tertiary/aromatic N) is 2. The van der Waals surface area contributed by atoms with E-state index in [0.29, 0.717) is 17.2 Å². The summed E-state index contributed by atoms with van der Waals surface area (Å²) in [4.78, 5) is 13.7. The van der Waals surface area contributed by atoms with Gasteiger partial charge in [0, 0.05) is 25.3 Å². The number of rotatable bonds is 4. The van der Waals surface area contributed by atoms with Crippen molar-refractivity contribution in [1.29, 1.82) is 0 Å². The molecule has 4 heteroatoms. The largest absolute Gasteiger partial charge is 0.477 e. The van der Waals surface area contributed by atoms with E-state index < -0.39 is 5.97 Å². The standard InChI is InChI=1S/C16H26N2O2/c1-16(2,3)8-12-17-10-6-13(7-11-17)18-9-4-5-14(18)15(19)20/h4-5,9,13H,6-8,10-12H2,1-3H3,(H,19,20). The van der Waals surface area contributed by atoms with Crippen molar-refractivity contribution < 1.29 is 9.90 Å². The Morgan fingerprint density at radius 3 is 2.55 bits per heavy atom. The molecule has 1 fully saturated rings. The van der Waals surface area contributed by atoms with Crippen molar-refractivity contribution >= 4 is 5.97 Å². The maximum absolute atomic E-state index is 11.2. The fourth-order valence-corrected chi connectivity index (χ4v) is 2.81. The SMILES string of the molecule is CC(C)(C)CCN1CCC(n2cccc2C(=O)O)CC1. The van der Waals surface area contributed by atoms with Crippen LogP contribution in [0.25, 0.3) is 0 Å². The lowest BCUT2D eigenvalue weighted by Crippen LogP contribution is -2.36. The summed E-state index contributed by atoms with van der Waals surface area (Å²) in [7, 11) is 0. The molecule has 0 atom stereocenters. The van der Waals surface area contributed by atoms with Crippen LogP contribution in [0.15, 0.2) is 18.3 Å². The van der Waals surface area contributed by atoms with Crippen molar-refractivity contribution in [2.45, 2.75) is 46.1 Å². The van der Waals surface area contributed by atoms with E-state index in [1.807, 2.05) is 16.8 Å². The predicted octanol–water partition coefficient (Wildman–Crippen LogP) is 3.26. The van der Waals surface area contributed by atoms with Crippen LogP contribution in [0.4, 0.5) is 0 Å². The van der Waals surface area contributed by atoms with Crippen molar-refractivity contribution in [1.82, 2.24) is 9.47 Å². The zero-order valence-corrected chi connectivity index (χ0v) is 12.8. The molecule has 4 nitrogen and oxygen atoms in total. The second-order valence-electron chi connectivity index (χ2n) is 6.99. The number of carboxylic acids is 1. The average Bonchev–Trinajstić information content (AvgIpc) is 2.85. The Morgan fingerprint density at radius 1 is 1.35 bits per heavy atom. The number of aromatic carboxylic acids is 1. The van der Waals surface area contributed by atoms with Gasteiger partial charge in [0.05, 0.1) is 0 Å². The molecule has 0 radical (unpaired) electrons. The van der Waals surface area contributed by atoms with Crippen LogP contribution in [0.5, 0.6) is 0 Å². The predicted molar refractivity (Wildman–Crippen MR) is 80.2 cm³/mol. The Morgan fingerprint density at radius 2 is 2.00 bits per heavy atom. The number of aromatic nitrogens is 1. The third-order valence-corrected chi connectivity index (χ3v) is 4.13. The van der Waals surface area contributed by atoms with Crippen LogP contribution in [0.1, 0.15) is 56.6 Å². The maximum Gasteiger partial charge on any atom is 0.352 e. The van der Waals surface area contributed by atoms with Gasteiger partial charge < -0.3 is 14.6 Å². The third-order valence-electron chi connectivity index (χ3n) is 4.13. The van der Waals surface area contributed by atoms with Crippen LogP contribution < -0.4 is 0 Å². The summed E-state index contributed by atoms with van der Waals surface area (Å²) >= 11 is 0. The molecule has 0 aromatic carbocycles. The molecule has 20 heavy (non-hydrogen) atoms. The highest BCUT2D eigenvalue weighted by Crippen LogP contribution is 2.26. The first-order valence-corrected chi connectivity index (χ1v) is 7.49. The molecule has 1 aromatic heterocycles. The fourth-order valence-electron chi connectivity index (χ4n) is 2.81. The summed E-state index contributed by atoms with van der Waals surface area (Å²) in [6.45, 7) is 10.1. The summed E-state index contributed by atoms with van der Waals surface area (Å²) in [5, 5.41) is 9.18. The zero-order chi connectivity index (χ0) is 14.8. The highest BCUT2D eigenvalue weighted by Gasteiger charge is 2.24. The third kappa shape index (κ3) is 3.85. The molecule has 1 saturated heterocycles. The van der Waals surface area contributed by atoms with Gasteiger partial charge in [-0.3, -0.25) is 0 Å². The van der Waals surface area contributed by atoms with Crippen molar-refractivity contribution in [2.24, 2.45) is 5.41 Å². The minimum atomic E-state index is -0.829. The molecule has 1 aliphatic heterocycles. The molecule has 0 unspecified atom stereocenters. The van der Waals surface area contributed by atoms with Gasteiger partial charge in [-0.15, -0.1) is 0 Å². The number of carboxylic acid groups (broad SMARTS) is 1. The first kappa shape index (κ1) is 15.1. The van der Waals surface area contributed by atoms with Gasteiger partial charge in [-0.05, 0) is 43.4 Å². The molecule has 0 bridgehead atoms. The zero-order valence-electron chi connectivity index (χ0n) is 12.8. The van der Waals surface area contributed by atoms with Gasteiger partial charge in [-0.2, -0.15) is 0 Å². The molecule has 0 spiro atoms. The van der Waals surface area contributed by atoms with Gasteiger partial charge in [-0.1, -0.05) is 20.8 Å². The lowest BCUT2D eigenvalue weighted by Gasteiger charge is -2.34. The smallest absolute Gasteiger partial charge is 0.352 e. The molecule has 2 rings (SSSR count). The van der Waals surface area contributed by atoms with Gasteiger partial charge in [0.25, 0.3) is 0 Å². The highest BCUT2D eigenvalue weighted by molar-refractivity contribution is 5.85. The van der Waals surface area contributed by atoms with E-state index in [1.54, 1.807) is 6.07 Å². The molecule has 1 N–H and O–H groups in total. The lowest BCUT2D eigenvalue weighted by molar-refractivity contribution is 0.0677. The first-order chi connectivity index (χ1) is 9.37. The van der Waals surface area contributed by atoms with E-state index >= 15 is 0 Å². The van der Waals surface area contributed by atoms with Gasteiger partial charge in [0.2, 0.25) is 0 Å². The number of hydrogen-bond donors (Lipinski definition) is 1. The average molecular weight is 278 g/mol. The minimum Gasteiger partial charge on any atom is -0.477 e. The topological polar surface area (TPSA) is 45.5 Å². The second kappa shape index (κ2) is 6.00. The molecule has 0 saturated carbocycles. The molecular weight excluding hydrogens is 252 g/mol. The monoisotopic (exact) mass is 278 g/mol. The van der Waals surface area contributed by atoms with Crippen LogP contribution in [0, 0.1) is 5.41 Å². The van der Waals surface area contributed by atoms with Crippen molar-refractivity contribution in [3.8, 4) is 0 Å². The van der Waals surface area contributed by atoms with Gasteiger partial charge in [0.15, 0.2) is 0 Å². The fraction of sp³-hybridized carbons (Fsp3) is 0.688. The summed E-state index contributed by atoms with van der Waals surface area (Å²) in [5.41, 5.74) is 0.798. The second-order valence-corrected chi connectivity index (χ2v) is 6.99. The number of hydrogen-bond acceptors (Lipinski definition) is 2. The lowest BCUT2D eigenvalue weighted by atomic mass is 9.91. The molecule has 0 aliphatic carbocycles. The molecule has 112 valence electrons. The maximum atomic E-state index is 11.2. The summed E-state index contributed by atoms with van der Waals surface area (Å²) in [5.74, 6) is -0.829. The van der Waals surface area contributed by atoms with E-state index in [-0.39, 0.29) is 0 Å². The minimum absolute atomic E-state index is 0.335. The molecule has 1 aliphatic rings. The van der Waals surface area contributed by atoms with Crippen LogP contribution in [-0.4, -0.2) is 40.2 Å². The van der Waals surface area contributed by atoms with Crippen LogP contribution in [0.2, 0.25) is 0 Å². The molecule has 1 aromatic rings. The molecule has 2 heterocycles. The summed E-state index contributed by atoms with van der Waals surface area (Å²) < 4.78 is 1.93.